The summed E-state index contributed by atoms with van der Waals surface area (Å²) in [5.74, 6) is 0. The zero-order valence-corrected chi connectivity index (χ0v) is 76.9. The molecule has 0 spiro atoms. The van der Waals surface area contributed by atoms with E-state index >= 15 is 0 Å². The molecule has 0 atom stereocenters. The Balaban J connectivity index is 0.000000106. The van der Waals surface area contributed by atoms with Crippen molar-refractivity contribution >= 4 is 163 Å². The number of hydrogen-bond acceptors (Lipinski definition) is 3. The van der Waals surface area contributed by atoms with E-state index in [0.29, 0.717) is 0 Å². The Kier molecular flexibility index (Phi) is 20.0. The Morgan fingerprint density at radius 3 is 0.851 bits per heavy atom. The van der Waals surface area contributed by atoms with E-state index in [1.165, 1.54) is 208 Å². The lowest BCUT2D eigenvalue weighted by atomic mass is 9.83. The van der Waals surface area contributed by atoms with Gasteiger partial charge in [0.25, 0.3) is 0 Å². The minimum atomic E-state index is 0.912. The van der Waals surface area contributed by atoms with E-state index in [-0.39, 0.29) is 0 Å². The van der Waals surface area contributed by atoms with Crippen molar-refractivity contribution in [3.8, 4) is 122 Å². The third kappa shape index (κ3) is 14.0. The highest BCUT2D eigenvalue weighted by Gasteiger charge is 2.27. The lowest BCUT2D eigenvalue weighted by Crippen LogP contribution is -1.92. The quantitative estimate of drug-likeness (QED) is 0.121. The fourth-order valence-corrected chi connectivity index (χ4v) is 22.7. The molecule has 0 bridgehead atoms. The highest BCUT2D eigenvalue weighted by Crippen LogP contribution is 2.54. The van der Waals surface area contributed by atoms with Crippen molar-refractivity contribution < 1.29 is 13.3 Å². The first-order valence-corrected chi connectivity index (χ1v) is 48.5. The molecule has 0 saturated heterocycles. The van der Waals surface area contributed by atoms with Crippen LogP contribution in [0, 0.1) is 0 Å². The molecule has 29 rings (SSSR count). The Morgan fingerprint density at radius 1 is 0.106 bits per heavy atom. The zero-order chi connectivity index (χ0) is 93.0. The predicted molar refractivity (Wildman–Crippen MR) is 599 cm³/mol. The second-order valence-corrected chi connectivity index (χ2v) is 36.8. The molecule has 0 aliphatic heterocycles. The van der Waals surface area contributed by atoms with Crippen LogP contribution in [0.15, 0.2) is 535 Å². The van der Waals surface area contributed by atoms with Crippen LogP contribution in [-0.2, 0) is 0 Å². The van der Waals surface area contributed by atoms with Gasteiger partial charge in [-0.15, -0.1) is 0 Å². The van der Waals surface area contributed by atoms with Gasteiger partial charge < -0.3 is 13.3 Å². The van der Waals surface area contributed by atoms with Crippen molar-refractivity contribution in [2.45, 2.75) is 0 Å². The molecular weight excluding hydrogens is 1710 g/mol. The first kappa shape index (κ1) is 82.0. The van der Waals surface area contributed by atoms with E-state index in [1.54, 1.807) is 0 Å². The average molecular weight is 1790 g/mol. The summed E-state index contributed by atoms with van der Waals surface area (Å²) in [6, 6.07) is 188. The number of para-hydroxylation sites is 4. The summed E-state index contributed by atoms with van der Waals surface area (Å²) in [6.45, 7) is 0. The van der Waals surface area contributed by atoms with Crippen LogP contribution in [0.1, 0.15) is 0 Å². The number of benzene rings is 26. The molecule has 0 saturated carbocycles. The van der Waals surface area contributed by atoms with Crippen molar-refractivity contribution in [3.63, 3.8) is 0 Å². The first-order valence-electron chi connectivity index (χ1n) is 48.5. The molecule has 0 fully saturated rings. The summed E-state index contributed by atoms with van der Waals surface area (Å²) >= 11 is 0. The Labute approximate surface area is 814 Å². The Hall–Kier alpha value is -18.5. The highest BCUT2D eigenvalue weighted by molar-refractivity contribution is 6.30. The Bertz CT molecular complexity index is 9900. The molecule has 0 aliphatic carbocycles. The molecule has 0 unspecified atom stereocenters. The third-order valence-electron chi connectivity index (χ3n) is 29.0. The van der Waals surface area contributed by atoms with Crippen molar-refractivity contribution in [2.24, 2.45) is 0 Å². The smallest absolute Gasteiger partial charge is 0.143 e. The fourth-order valence-electron chi connectivity index (χ4n) is 22.7. The molecule has 3 heteroatoms. The maximum Gasteiger partial charge on any atom is 0.143 e. The molecule has 3 aromatic heterocycles. The third-order valence-corrected chi connectivity index (χ3v) is 29.0. The molecule has 656 valence electrons. The zero-order valence-electron chi connectivity index (χ0n) is 76.9. The number of hydrogen-bond donors (Lipinski definition) is 0. The standard InChI is InChI=1S/2C48H30O.C42H26O/c1-2-13-31(14-3-1)32-15-10-16-33(29-32)34-27-28-36-35(30-34)17-11-23-37(36)46-38-18-4-6-20-40(38)47(41-21-7-5-19-39(41)46)43-24-12-26-45-48(43)42-22-8-9-25-44(42)49-45;1-2-13-31(14-3-1)35-16-4-5-17-36(35)33-25-27-37-32(29-33)15-12-23-40(37)48-43-21-8-6-19-41(43)47(42-20-7-9-22-44(42)48)34-26-28-39-38-18-10-11-24-45(38)49-46(39)30-34;1-2-12-27(13-3-1)28-24-25-30-29(26-28)14-10-20-32(30)40-33-16-4-6-18-35(33)41(36-19-7-5-17-34(36)40)38-22-11-21-37-31-15-8-9-23-39(31)43-42(37)38/h2*1-30H;1-26H. The van der Waals surface area contributed by atoms with E-state index in [1.807, 2.05) is 24.3 Å². The van der Waals surface area contributed by atoms with Crippen LogP contribution in [-0.4, -0.2) is 0 Å². The van der Waals surface area contributed by atoms with Crippen LogP contribution in [0.3, 0.4) is 0 Å². The molecule has 3 nitrogen and oxygen atoms in total. The maximum absolute atomic E-state index is 6.56. The minimum absolute atomic E-state index is 0.912. The van der Waals surface area contributed by atoms with Crippen LogP contribution in [0.2, 0.25) is 0 Å². The normalized spacial score (nSPS) is 11.7. The lowest BCUT2D eigenvalue weighted by molar-refractivity contribution is 0.668. The van der Waals surface area contributed by atoms with E-state index in [0.717, 1.165) is 76.9 Å². The van der Waals surface area contributed by atoms with Crippen LogP contribution in [0.4, 0.5) is 0 Å². The van der Waals surface area contributed by atoms with Crippen LogP contribution < -0.4 is 0 Å². The van der Waals surface area contributed by atoms with E-state index in [4.69, 9.17) is 13.3 Å². The van der Waals surface area contributed by atoms with Crippen LogP contribution >= 0.6 is 0 Å². The molecule has 0 N–H and O–H groups in total. The van der Waals surface area contributed by atoms with Gasteiger partial charge in [-0.1, -0.05) is 461 Å². The molecule has 0 amide bonds. The van der Waals surface area contributed by atoms with Gasteiger partial charge in [0.05, 0.1) is 0 Å². The second-order valence-electron chi connectivity index (χ2n) is 36.8. The molecule has 3 heterocycles. The van der Waals surface area contributed by atoms with Crippen molar-refractivity contribution in [3.05, 3.63) is 522 Å². The topological polar surface area (TPSA) is 39.4 Å². The maximum atomic E-state index is 6.56. The van der Waals surface area contributed by atoms with Gasteiger partial charge in [-0.3, -0.25) is 0 Å². The molecule has 0 aliphatic rings. The van der Waals surface area contributed by atoms with Crippen molar-refractivity contribution in [1.82, 2.24) is 0 Å². The summed E-state index contributed by atoms with van der Waals surface area (Å²) in [5.41, 5.74) is 32.5. The minimum Gasteiger partial charge on any atom is -0.456 e. The van der Waals surface area contributed by atoms with Crippen LogP contribution in [0.25, 0.3) is 285 Å². The average Bonchev–Trinajstić information content (AvgIpc) is 1.66. The number of fused-ring (bicyclic) bond motifs is 18. The van der Waals surface area contributed by atoms with E-state index < -0.39 is 0 Å². The van der Waals surface area contributed by atoms with Crippen molar-refractivity contribution in [1.29, 1.82) is 0 Å². The molecular formula is C138H86O3. The summed E-state index contributed by atoms with van der Waals surface area (Å²) in [5, 5.41) is 29.2. The van der Waals surface area contributed by atoms with Gasteiger partial charge in [-0.2, -0.15) is 0 Å². The molecule has 29 aromatic rings. The van der Waals surface area contributed by atoms with Gasteiger partial charge in [0.1, 0.15) is 33.5 Å². The predicted octanol–water partition coefficient (Wildman–Crippen LogP) is 39.5. The monoisotopic (exact) mass is 1790 g/mol. The summed E-state index contributed by atoms with van der Waals surface area (Å²) in [4.78, 5) is 0. The van der Waals surface area contributed by atoms with Gasteiger partial charge in [-0.05, 0) is 269 Å². The number of rotatable bonds is 11. The summed E-state index contributed by atoms with van der Waals surface area (Å²) < 4.78 is 19.3. The fraction of sp³-hybridized carbons (Fsp3) is 0. The van der Waals surface area contributed by atoms with Gasteiger partial charge in [0, 0.05) is 43.4 Å². The largest absolute Gasteiger partial charge is 0.456 e. The summed E-state index contributed by atoms with van der Waals surface area (Å²) in [6.07, 6.45) is 0. The van der Waals surface area contributed by atoms with Gasteiger partial charge in [0.15, 0.2) is 0 Å². The van der Waals surface area contributed by atoms with Crippen molar-refractivity contribution in [2.75, 3.05) is 0 Å². The Morgan fingerprint density at radius 2 is 0.369 bits per heavy atom. The molecule has 26 aromatic carbocycles. The SMILES string of the molecule is c1ccc(-c2ccc3c(-c4c5ccccc5c(-c5cccc6c5oc5ccccc56)c5ccccc45)cccc3c2)cc1.c1ccc(-c2cccc(-c3ccc4c(-c5c6ccccc6c(-c6cccc7oc8ccccc8c67)c6ccccc56)cccc4c3)c2)cc1.c1ccc(-c2ccccc2-c2ccc3c(-c4c5ccccc5c(-c5ccc6c(c5)oc5ccccc56)c5ccccc45)cccc3c2)cc1. The van der Waals surface area contributed by atoms with Gasteiger partial charge >= 0.3 is 0 Å². The molecule has 0 radical (unpaired) electrons. The van der Waals surface area contributed by atoms with E-state index in [2.05, 4.69) is 497 Å². The van der Waals surface area contributed by atoms with Crippen LogP contribution in [0.5, 0.6) is 0 Å². The summed E-state index contributed by atoms with van der Waals surface area (Å²) in [7, 11) is 0. The highest BCUT2D eigenvalue weighted by atomic mass is 16.3. The number of furan rings is 3. The lowest BCUT2D eigenvalue weighted by Gasteiger charge is -2.19. The van der Waals surface area contributed by atoms with Gasteiger partial charge in [-0.25, -0.2) is 0 Å². The van der Waals surface area contributed by atoms with Gasteiger partial charge in [0.2, 0.25) is 0 Å². The first-order chi connectivity index (χ1) is 70.0. The molecule has 141 heavy (non-hydrogen) atoms. The second kappa shape index (κ2) is 34.4. The van der Waals surface area contributed by atoms with E-state index in [9.17, 15) is 0 Å².